The van der Waals surface area contributed by atoms with Gasteiger partial charge < -0.3 is 10.4 Å². The number of aliphatic hydroxyl groups is 1. The standard InChI is InChI=1S/C11H14BrNO/c12-10-3-1-2-8-6-13-7-9(4-5-14)11(8)10/h1-3,9,13-14H,4-7H2. The molecule has 1 aliphatic heterocycles. The summed E-state index contributed by atoms with van der Waals surface area (Å²) in [5, 5.41) is 12.4. The summed E-state index contributed by atoms with van der Waals surface area (Å²) in [5.74, 6) is 0.444. The summed E-state index contributed by atoms with van der Waals surface area (Å²) in [4.78, 5) is 0. The van der Waals surface area contributed by atoms with Gasteiger partial charge >= 0.3 is 0 Å². The van der Waals surface area contributed by atoms with Crippen molar-refractivity contribution in [2.45, 2.75) is 18.9 Å². The number of fused-ring (bicyclic) bond motifs is 1. The Morgan fingerprint density at radius 1 is 1.50 bits per heavy atom. The Labute approximate surface area is 92.5 Å². The first-order valence-electron chi connectivity index (χ1n) is 4.92. The molecule has 1 aliphatic rings. The number of rotatable bonds is 2. The lowest BCUT2D eigenvalue weighted by Gasteiger charge is -2.27. The average molecular weight is 256 g/mol. The summed E-state index contributed by atoms with van der Waals surface area (Å²) in [6.07, 6.45) is 0.836. The molecular weight excluding hydrogens is 242 g/mol. The summed E-state index contributed by atoms with van der Waals surface area (Å²) in [7, 11) is 0. The molecule has 0 spiro atoms. The van der Waals surface area contributed by atoms with Crippen molar-refractivity contribution in [2.75, 3.05) is 13.2 Å². The van der Waals surface area contributed by atoms with Crippen LogP contribution >= 0.6 is 15.9 Å². The quantitative estimate of drug-likeness (QED) is 0.848. The zero-order valence-electron chi connectivity index (χ0n) is 7.96. The van der Waals surface area contributed by atoms with Gasteiger partial charge in [-0.05, 0) is 29.5 Å². The van der Waals surface area contributed by atoms with Gasteiger partial charge in [-0.2, -0.15) is 0 Å². The van der Waals surface area contributed by atoms with Crippen LogP contribution in [0.4, 0.5) is 0 Å². The van der Waals surface area contributed by atoms with E-state index in [-0.39, 0.29) is 6.61 Å². The van der Waals surface area contributed by atoms with E-state index in [2.05, 4.69) is 39.4 Å². The number of hydrogen-bond acceptors (Lipinski definition) is 2. The van der Waals surface area contributed by atoms with Crippen molar-refractivity contribution < 1.29 is 5.11 Å². The topological polar surface area (TPSA) is 32.3 Å². The van der Waals surface area contributed by atoms with Gasteiger partial charge in [0.1, 0.15) is 0 Å². The molecule has 0 radical (unpaired) electrons. The Morgan fingerprint density at radius 2 is 2.36 bits per heavy atom. The minimum absolute atomic E-state index is 0.257. The molecule has 0 aliphatic carbocycles. The lowest BCUT2D eigenvalue weighted by atomic mass is 9.89. The van der Waals surface area contributed by atoms with E-state index >= 15 is 0 Å². The molecule has 0 saturated carbocycles. The van der Waals surface area contributed by atoms with Gasteiger partial charge in [-0.3, -0.25) is 0 Å². The van der Waals surface area contributed by atoms with Crippen LogP contribution in [-0.2, 0) is 6.54 Å². The summed E-state index contributed by atoms with van der Waals surface area (Å²) in [5.41, 5.74) is 2.73. The third-order valence-corrected chi connectivity index (χ3v) is 3.43. The maximum Gasteiger partial charge on any atom is 0.0437 e. The second-order valence-electron chi connectivity index (χ2n) is 3.65. The maximum atomic E-state index is 8.99. The van der Waals surface area contributed by atoms with Crippen molar-refractivity contribution in [2.24, 2.45) is 0 Å². The van der Waals surface area contributed by atoms with Crippen LogP contribution in [0.3, 0.4) is 0 Å². The molecule has 1 aromatic rings. The van der Waals surface area contributed by atoms with Crippen LogP contribution in [0.1, 0.15) is 23.5 Å². The van der Waals surface area contributed by atoms with E-state index in [4.69, 9.17) is 5.11 Å². The molecule has 0 aromatic heterocycles. The van der Waals surface area contributed by atoms with Crippen LogP contribution in [0.2, 0.25) is 0 Å². The lowest BCUT2D eigenvalue weighted by Crippen LogP contribution is -2.29. The Hall–Kier alpha value is -0.380. The van der Waals surface area contributed by atoms with E-state index in [0.29, 0.717) is 5.92 Å². The van der Waals surface area contributed by atoms with Gasteiger partial charge in [0, 0.05) is 24.2 Å². The minimum Gasteiger partial charge on any atom is -0.396 e. The summed E-state index contributed by atoms with van der Waals surface area (Å²) in [6.45, 7) is 2.17. The third-order valence-electron chi connectivity index (χ3n) is 2.74. The van der Waals surface area contributed by atoms with E-state index in [0.717, 1.165) is 19.5 Å². The molecular formula is C11H14BrNO. The minimum atomic E-state index is 0.257. The average Bonchev–Trinajstić information content (AvgIpc) is 2.19. The molecule has 1 atom stereocenters. The van der Waals surface area contributed by atoms with Gasteiger partial charge in [0.15, 0.2) is 0 Å². The van der Waals surface area contributed by atoms with Gasteiger partial charge in [-0.15, -0.1) is 0 Å². The molecule has 1 heterocycles. The Balaban J connectivity index is 2.36. The smallest absolute Gasteiger partial charge is 0.0437 e. The van der Waals surface area contributed by atoms with Crippen molar-refractivity contribution in [3.63, 3.8) is 0 Å². The van der Waals surface area contributed by atoms with Crippen LogP contribution in [0.5, 0.6) is 0 Å². The van der Waals surface area contributed by atoms with Crippen LogP contribution in [0, 0.1) is 0 Å². The molecule has 2 N–H and O–H groups in total. The second kappa shape index (κ2) is 4.43. The highest BCUT2D eigenvalue weighted by Gasteiger charge is 2.21. The summed E-state index contributed by atoms with van der Waals surface area (Å²) in [6, 6.07) is 6.29. The monoisotopic (exact) mass is 255 g/mol. The molecule has 0 saturated heterocycles. The fraction of sp³-hybridized carbons (Fsp3) is 0.455. The molecule has 3 heteroatoms. The third kappa shape index (κ3) is 1.85. The number of hydrogen-bond donors (Lipinski definition) is 2. The maximum absolute atomic E-state index is 8.99. The number of nitrogens with one attached hydrogen (secondary N) is 1. The first kappa shape index (κ1) is 10.1. The first-order valence-corrected chi connectivity index (χ1v) is 5.71. The molecule has 0 amide bonds. The largest absolute Gasteiger partial charge is 0.396 e. The van der Waals surface area contributed by atoms with E-state index in [1.165, 1.54) is 15.6 Å². The molecule has 76 valence electrons. The first-order chi connectivity index (χ1) is 6.83. The van der Waals surface area contributed by atoms with Gasteiger partial charge in [-0.1, -0.05) is 28.1 Å². The molecule has 2 rings (SSSR count). The molecule has 1 unspecified atom stereocenters. The van der Waals surface area contributed by atoms with Gasteiger partial charge in [0.2, 0.25) is 0 Å². The number of halogens is 1. The zero-order chi connectivity index (χ0) is 9.97. The van der Waals surface area contributed by atoms with Crippen molar-refractivity contribution in [3.8, 4) is 0 Å². The lowest BCUT2D eigenvalue weighted by molar-refractivity contribution is 0.271. The highest BCUT2D eigenvalue weighted by Crippen LogP contribution is 2.32. The predicted molar refractivity (Wildman–Crippen MR) is 60.3 cm³/mol. The summed E-state index contributed by atoms with van der Waals surface area (Å²) >= 11 is 3.58. The van der Waals surface area contributed by atoms with Gasteiger partial charge in [0.25, 0.3) is 0 Å². The van der Waals surface area contributed by atoms with Crippen LogP contribution < -0.4 is 5.32 Å². The van der Waals surface area contributed by atoms with Crippen molar-refractivity contribution >= 4 is 15.9 Å². The highest BCUT2D eigenvalue weighted by molar-refractivity contribution is 9.10. The summed E-state index contributed by atoms with van der Waals surface area (Å²) < 4.78 is 1.18. The number of aliphatic hydroxyl groups excluding tert-OH is 1. The van der Waals surface area contributed by atoms with E-state index in [9.17, 15) is 0 Å². The van der Waals surface area contributed by atoms with Crippen LogP contribution in [0.15, 0.2) is 22.7 Å². The molecule has 1 aromatic carbocycles. The second-order valence-corrected chi connectivity index (χ2v) is 4.51. The SMILES string of the molecule is OCCC1CNCc2cccc(Br)c21. The molecule has 2 nitrogen and oxygen atoms in total. The molecule has 0 bridgehead atoms. The normalized spacial score (nSPS) is 20.6. The zero-order valence-corrected chi connectivity index (χ0v) is 9.55. The fourth-order valence-electron chi connectivity index (χ4n) is 2.08. The highest BCUT2D eigenvalue weighted by atomic mass is 79.9. The Morgan fingerprint density at radius 3 is 3.14 bits per heavy atom. The van der Waals surface area contributed by atoms with Crippen molar-refractivity contribution in [3.05, 3.63) is 33.8 Å². The van der Waals surface area contributed by atoms with Gasteiger partial charge in [0.05, 0.1) is 0 Å². The number of benzene rings is 1. The van der Waals surface area contributed by atoms with Crippen LogP contribution in [-0.4, -0.2) is 18.3 Å². The molecule has 0 fully saturated rings. The van der Waals surface area contributed by atoms with E-state index in [1.807, 2.05) is 0 Å². The van der Waals surface area contributed by atoms with E-state index in [1.54, 1.807) is 0 Å². The fourth-order valence-corrected chi connectivity index (χ4v) is 2.81. The predicted octanol–water partition coefficient (Wildman–Crippen LogP) is 2.02. The van der Waals surface area contributed by atoms with E-state index < -0.39 is 0 Å². The van der Waals surface area contributed by atoms with Crippen molar-refractivity contribution in [1.29, 1.82) is 0 Å². The van der Waals surface area contributed by atoms with Gasteiger partial charge in [-0.25, -0.2) is 0 Å². The van der Waals surface area contributed by atoms with Crippen molar-refractivity contribution in [1.82, 2.24) is 5.32 Å². The Bertz CT molecular complexity index is 327. The molecule has 14 heavy (non-hydrogen) atoms. The van der Waals surface area contributed by atoms with Crippen LogP contribution in [0.25, 0.3) is 0 Å². The Kier molecular flexibility index (Phi) is 3.21.